The number of benzene rings is 1. The molecule has 1 saturated heterocycles. The Morgan fingerprint density at radius 2 is 2.13 bits per heavy atom. The minimum absolute atomic E-state index is 0.0346. The van der Waals surface area contributed by atoms with E-state index in [1.54, 1.807) is 6.92 Å². The molecule has 0 radical (unpaired) electrons. The van der Waals surface area contributed by atoms with Crippen molar-refractivity contribution in [3.63, 3.8) is 0 Å². The van der Waals surface area contributed by atoms with E-state index in [4.69, 9.17) is 10.5 Å². The Morgan fingerprint density at radius 1 is 1.39 bits per heavy atom. The average Bonchev–Trinajstić information content (AvgIpc) is 3.38. The molecule has 0 unspecified atom stereocenters. The van der Waals surface area contributed by atoms with Crippen LogP contribution in [-0.2, 0) is 16.1 Å². The fourth-order valence-electron chi connectivity index (χ4n) is 2.99. The number of ether oxygens (including phenoxy) is 1. The van der Waals surface area contributed by atoms with Crippen LogP contribution in [0, 0.1) is 11.6 Å². The zero-order valence-corrected chi connectivity index (χ0v) is 16.8. The predicted molar refractivity (Wildman–Crippen MR) is 105 cm³/mol. The molecule has 1 aromatic heterocycles. The standard InChI is InChI=1S/C17H23F2N9O3/c1-2-23-28(15(29)9-26-10-22-24-25-26)4-3-21-16-13(18)5-11(6-14(16)19)27-8-12(7-20)31-17(27)30/h5-6,10,12,21,23H,2-4,7-9,20H2,1H3/t12-/m0/s1. The van der Waals surface area contributed by atoms with Crippen molar-refractivity contribution in [1.29, 1.82) is 0 Å². The summed E-state index contributed by atoms with van der Waals surface area (Å²) in [5, 5.41) is 14.5. The molecule has 1 fully saturated rings. The molecule has 168 valence electrons. The molecule has 2 aromatic rings. The van der Waals surface area contributed by atoms with Gasteiger partial charge in [-0.15, -0.1) is 5.10 Å². The molecule has 1 atom stereocenters. The van der Waals surface area contributed by atoms with Crippen LogP contribution in [0.15, 0.2) is 18.5 Å². The molecule has 2 heterocycles. The van der Waals surface area contributed by atoms with E-state index >= 15 is 0 Å². The highest BCUT2D eigenvalue weighted by atomic mass is 19.1. The zero-order valence-electron chi connectivity index (χ0n) is 16.8. The third-order valence-corrected chi connectivity index (χ3v) is 4.45. The number of cyclic esters (lactones) is 1. The number of nitrogens with one attached hydrogen (secondary N) is 2. The summed E-state index contributed by atoms with van der Waals surface area (Å²) in [6, 6.07) is 2.08. The smallest absolute Gasteiger partial charge is 0.414 e. The molecular weight excluding hydrogens is 416 g/mol. The van der Waals surface area contributed by atoms with Gasteiger partial charge in [0.05, 0.1) is 18.8 Å². The molecular formula is C17H23F2N9O3. The first kappa shape index (κ1) is 22.3. The number of anilines is 2. The molecule has 0 spiro atoms. The van der Waals surface area contributed by atoms with Gasteiger partial charge in [0.15, 0.2) is 11.6 Å². The number of hydrazine groups is 1. The van der Waals surface area contributed by atoms with E-state index in [0.717, 1.165) is 17.0 Å². The lowest BCUT2D eigenvalue weighted by molar-refractivity contribution is -0.135. The third-order valence-electron chi connectivity index (χ3n) is 4.45. The quantitative estimate of drug-likeness (QED) is 0.425. The zero-order chi connectivity index (χ0) is 22.4. The molecule has 0 saturated carbocycles. The number of hydrogen-bond donors (Lipinski definition) is 3. The largest absolute Gasteiger partial charge is 0.443 e. The number of carbonyl (C=O) groups excluding carboxylic acids is 2. The number of amides is 2. The van der Waals surface area contributed by atoms with Gasteiger partial charge in [0, 0.05) is 31.8 Å². The Labute approximate surface area is 176 Å². The Kier molecular flexibility index (Phi) is 7.25. The van der Waals surface area contributed by atoms with E-state index in [0.29, 0.717) is 6.54 Å². The molecule has 1 aliphatic rings. The highest BCUT2D eigenvalue weighted by molar-refractivity contribution is 5.90. The second kappa shape index (κ2) is 10.1. The summed E-state index contributed by atoms with van der Waals surface area (Å²) in [4.78, 5) is 25.4. The molecule has 1 aromatic carbocycles. The Hall–Kier alpha value is -3.39. The van der Waals surface area contributed by atoms with Gasteiger partial charge >= 0.3 is 6.09 Å². The van der Waals surface area contributed by atoms with Gasteiger partial charge in [-0.3, -0.25) is 14.7 Å². The van der Waals surface area contributed by atoms with Crippen LogP contribution in [-0.4, -0.2) is 76.0 Å². The van der Waals surface area contributed by atoms with Crippen LogP contribution in [0.1, 0.15) is 6.92 Å². The number of hydrogen-bond acceptors (Lipinski definition) is 9. The first-order valence-electron chi connectivity index (χ1n) is 9.58. The lowest BCUT2D eigenvalue weighted by atomic mass is 10.2. The number of tetrazole rings is 1. The van der Waals surface area contributed by atoms with Gasteiger partial charge in [-0.2, -0.15) is 0 Å². The SMILES string of the molecule is CCNN(CCNc1c(F)cc(N2C[C@H](CN)OC2=O)cc1F)C(=O)Cn1cnnn1. The number of nitrogens with zero attached hydrogens (tertiary/aromatic N) is 6. The first-order chi connectivity index (χ1) is 14.9. The van der Waals surface area contributed by atoms with Gasteiger partial charge in [-0.05, 0) is 10.4 Å². The number of aromatic nitrogens is 4. The Bertz CT molecular complexity index is 889. The third kappa shape index (κ3) is 5.40. The topological polar surface area (TPSA) is 144 Å². The first-order valence-corrected chi connectivity index (χ1v) is 9.58. The number of nitrogens with two attached hydrogens (primary N) is 1. The number of halogens is 2. The van der Waals surface area contributed by atoms with E-state index in [9.17, 15) is 18.4 Å². The summed E-state index contributed by atoms with van der Waals surface area (Å²) >= 11 is 0. The van der Waals surface area contributed by atoms with Crippen LogP contribution >= 0.6 is 0 Å². The van der Waals surface area contributed by atoms with Gasteiger partial charge in [0.25, 0.3) is 5.91 Å². The molecule has 2 amide bonds. The highest BCUT2D eigenvalue weighted by Crippen LogP contribution is 2.28. The van der Waals surface area contributed by atoms with E-state index in [-0.39, 0.29) is 50.0 Å². The van der Waals surface area contributed by atoms with Crippen molar-refractivity contribution in [2.45, 2.75) is 19.6 Å². The second-order valence-corrected chi connectivity index (χ2v) is 6.63. The summed E-state index contributed by atoms with van der Waals surface area (Å²) in [5.41, 5.74) is 8.02. The maximum absolute atomic E-state index is 14.5. The van der Waals surface area contributed by atoms with Gasteiger partial charge in [-0.1, -0.05) is 6.92 Å². The fourth-order valence-corrected chi connectivity index (χ4v) is 2.99. The normalized spacial score (nSPS) is 15.8. The lowest BCUT2D eigenvalue weighted by Gasteiger charge is -2.23. The summed E-state index contributed by atoms with van der Waals surface area (Å²) in [7, 11) is 0. The molecule has 12 nitrogen and oxygen atoms in total. The van der Waals surface area contributed by atoms with Crippen molar-refractivity contribution in [3.8, 4) is 0 Å². The molecule has 14 heteroatoms. The van der Waals surface area contributed by atoms with Gasteiger partial charge in [0.1, 0.15) is 24.7 Å². The van der Waals surface area contributed by atoms with E-state index in [2.05, 4.69) is 26.3 Å². The maximum Gasteiger partial charge on any atom is 0.414 e. The molecule has 0 aliphatic carbocycles. The van der Waals surface area contributed by atoms with Crippen LogP contribution in [0.4, 0.5) is 25.0 Å². The predicted octanol–water partition coefficient (Wildman–Crippen LogP) is -0.300. The molecule has 4 N–H and O–H groups in total. The minimum Gasteiger partial charge on any atom is -0.443 e. The van der Waals surface area contributed by atoms with Crippen LogP contribution in [0.3, 0.4) is 0 Å². The van der Waals surface area contributed by atoms with Crippen LogP contribution in [0.5, 0.6) is 0 Å². The van der Waals surface area contributed by atoms with Crippen molar-refractivity contribution in [2.24, 2.45) is 5.73 Å². The van der Waals surface area contributed by atoms with Crippen molar-refractivity contribution in [3.05, 3.63) is 30.1 Å². The molecule has 1 aliphatic heterocycles. The molecule has 31 heavy (non-hydrogen) atoms. The summed E-state index contributed by atoms with van der Waals surface area (Å²) in [6.07, 6.45) is 0.0648. The Balaban J connectivity index is 1.61. The van der Waals surface area contributed by atoms with E-state index < -0.39 is 23.8 Å². The molecule has 3 rings (SSSR count). The highest BCUT2D eigenvalue weighted by Gasteiger charge is 2.32. The van der Waals surface area contributed by atoms with Gasteiger partial charge in [0.2, 0.25) is 0 Å². The van der Waals surface area contributed by atoms with Crippen molar-refractivity contribution in [1.82, 2.24) is 30.6 Å². The second-order valence-electron chi connectivity index (χ2n) is 6.63. The number of rotatable bonds is 10. The van der Waals surface area contributed by atoms with E-state index in [1.807, 2.05) is 0 Å². The molecule has 0 bridgehead atoms. The average molecular weight is 439 g/mol. The van der Waals surface area contributed by atoms with Crippen LogP contribution in [0.2, 0.25) is 0 Å². The summed E-state index contributed by atoms with van der Waals surface area (Å²) in [6.45, 7) is 2.58. The monoisotopic (exact) mass is 439 g/mol. The van der Waals surface area contributed by atoms with Crippen molar-refractivity contribution < 1.29 is 23.1 Å². The number of carbonyl (C=O) groups is 2. The Morgan fingerprint density at radius 3 is 2.71 bits per heavy atom. The van der Waals surface area contributed by atoms with Gasteiger partial charge < -0.3 is 15.8 Å². The van der Waals surface area contributed by atoms with Crippen LogP contribution < -0.4 is 21.4 Å². The summed E-state index contributed by atoms with van der Waals surface area (Å²) < 4.78 is 35.3. The fraction of sp³-hybridized carbons (Fsp3) is 0.471. The van der Waals surface area contributed by atoms with Crippen molar-refractivity contribution in [2.75, 3.05) is 42.9 Å². The van der Waals surface area contributed by atoms with Crippen molar-refractivity contribution >= 4 is 23.4 Å². The van der Waals surface area contributed by atoms with Gasteiger partial charge in [-0.25, -0.2) is 23.7 Å². The summed E-state index contributed by atoms with van der Waals surface area (Å²) in [5.74, 6) is -2.09. The minimum atomic E-state index is -0.881. The lowest BCUT2D eigenvalue weighted by Crippen LogP contribution is -2.46. The van der Waals surface area contributed by atoms with E-state index in [1.165, 1.54) is 16.0 Å². The van der Waals surface area contributed by atoms with Crippen LogP contribution in [0.25, 0.3) is 0 Å². The maximum atomic E-state index is 14.5.